The van der Waals surface area contributed by atoms with Gasteiger partial charge in [-0.3, -0.25) is 0 Å². The highest BCUT2D eigenvalue weighted by molar-refractivity contribution is 7.99. The van der Waals surface area contributed by atoms with Gasteiger partial charge in [-0.1, -0.05) is 17.8 Å². The lowest BCUT2D eigenvalue weighted by atomic mass is 10.1. The van der Waals surface area contributed by atoms with Crippen molar-refractivity contribution >= 4 is 11.8 Å². The molecule has 1 unspecified atom stereocenters. The smallest absolute Gasteiger partial charge is 0.170 e. The minimum absolute atomic E-state index is 0.221. The molecule has 1 aromatic carbocycles. The van der Waals surface area contributed by atoms with Gasteiger partial charge < -0.3 is 15.0 Å². The number of imidazole rings is 1. The second-order valence-electron chi connectivity index (χ2n) is 3.88. The number of nitrogens with zero attached hydrogens (tertiary/aromatic N) is 1. The molecule has 1 aromatic heterocycles. The van der Waals surface area contributed by atoms with Gasteiger partial charge in [0.1, 0.15) is 5.75 Å². The van der Waals surface area contributed by atoms with Gasteiger partial charge in [0, 0.05) is 28.9 Å². The summed E-state index contributed by atoms with van der Waals surface area (Å²) >= 11 is 1.61. The number of ether oxygens (including phenoxy) is 1. The molecular formula is C13H17N3OS. The molecule has 2 N–H and O–H groups in total. The minimum atomic E-state index is 0.221. The topological polar surface area (TPSA) is 49.9 Å². The summed E-state index contributed by atoms with van der Waals surface area (Å²) in [4.78, 5) is 8.48. The molecule has 0 saturated carbocycles. The van der Waals surface area contributed by atoms with E-state index < -0.39 is 0 Å². The molecule has 2 rings (SSSR count). The Morgan fingerprint density at radius 3 is 2.89 bits per heavy atom. The van der Waals surface area contributed by atoms with Crippen LogP contribution in [0, 0.1) is 0 Å². The van der Waals surface area contributed by atoms with Crippen LogP contribution < -0.4 is 10.1 Å². The summed E-state index contributed by atoms with van der Waals surface area (Å²) in [5.41, 5.74) is 1.16. The summed E-state index contributed by atoms with van der Waals surface area (Å²) in [6.07, 6.45) is 3.58. The van der Waals surface area contributed by atoms with Crippen LogP contribution in [-0.2, 0) is 0 Å². The summed E-state index contributed by atoms with van der Waals surface area (Å²) in [7, 11) is 3.64. The van der Waals surface area contributed by atoms with Crippen molar-refractivity contribution in [2.75, 3.05) is 14.2 Å². The van der Waals surface area contributed by atoms with Crippen molar-refractivity contribution in [2.45, 2.75) is 23.0 Å². The number of H-pyrrole nitrogens is 1. The molecule has 0 aliphatic rings. The summed E-state index contributed by atoms with van der Waals surface area (Å²) in [6, 6.07) is 6.28. The van der Waals surface area contributed by atoms with Crippen LogP contribution in [0.5, 0.6) is 5.75 Å². The zero-order chi connectivity index (χ0) is 13.0. The Balaban J connectivity index is 2.39. The van der Waals surface area contributed by atoms with Gasteiger partial charge in [-0.15, -0.1) is 0 Å². The van der Waals surface area contributed by atoms with E-state index in [1.807, 2.05) is 25.4 Å². The number of methoxy groups -OCH3 is 1. The Kier molecular flexibility index (Phi) is 4.28. The van der Waals surface area contributed by atoms with Gasteiger partial charge in [0.05, 0.1) is 7.11 Å². The van der Waals surface area contributed by atoms with Gasteiger partial charge in [-0.25, -0.2) is 4.98 Å². The maximum atomic E-state index is 5.44. The highest BCUT2D eigenvalue weighted by Gasteiger charge is 2.16. The molecule has 0 saturated heterocycles. The van der Waals surface area contributed by atoms with Crippen LogP contribution in [0.25, 0.3) is 0 Å². The van der Waals surface area contributed by atoms with Crippen molar-refractivity contribution < 1.29 is 4.74 Å². The second kappa shape index (κ2) is 5.93. The van der Waals surface area contributed by atoms with E-state index in [4.69, 9.17) is 4.74 Å². The summed E-state index contributed by atoms with van der Waals surface area (Å²) < 4.78 is 5.44. The maximum Gasteiger partial charge on any atom is 0.170 e. The van der Waals surface area contributed by atoms with Crippen molar-refractivity contribution in [1.82, 2.24) is 15.3 Å². The van der Waals surface area contributed by atoms with Gasteiger partial charge in [0.2, 0.25) is 0 Å². The molecule has 0 aliphatic carbocycles. The third kappa shape index (κ3) is 2.68. The van der Waals surface area contributed by atoms with Crippen LogP contribution in [0.15, 0.2) is 40.6 Å². The van der Waals surface area contributed by atoms with Crippen molar-refractivity contribution in [1.29, 1.82) is 0 Å². The zero-order valence-corrected chi connectivity index (χ0v) is 11.5. The third-order valence-corrected chi connectivity index (χ3v) is 3.78. The predicted molar refractivity (Wildman–Crippen MR) is 73.2 cm³/mol. The predicted octanol–water partition coefficient (Wildman–Crippen LogP) is 2.85. The fraction of sp³-hybridized carbons (Fsp3) is 0.308. The van der Waals surface area contributed by atoms with Crippen LogP contribution in [0.4, 0.5) is 0 Å². The van der Waals surface area contributed by atoms with Crippen LogP contribution in [0.2, 0.25) is 0 Å². The molecular weight excluding hydrogens is 246 g/mol. The van der Waals surface area contributed by atoms with E-state index in [1.54, 1.807) is 25.1 Å². The SMILES string of the molecule is CNC(C)c1c(OC)cccc1Sc1ncc[nH]1. The van der Waals surface area contributed by atoms with Crippen molar-refractivity contribution in [3.05, 3.63) is 36.2 Å². The Hall–Kier alpha value is -1.46. The number of nitrogens with one attached hydrogen (secondary N) is 2. The van der Waals surface area contributed by atoms with Gasteiger partial charge in [-0.05, 0) is 26.1 Å². The molecule has 0 aliphatic heterocycles. The van der Waals surface area contributed by atoms with Gasteiger partial charge >= 0.3 is 0 Å². The average molecular weight is 263 g/mol. The van der Waals surface area contributed by atoms with E-state index in [1.165, 1.54) is 0 Å². The standard InChI is InChI=1S/C13H17N3OS/c1-9(14-2)12-10(17-3)5-4-6-11(12)18-13-15-7-8-16-13/h4-9,14H,1-3H3,(H,15,16). The minimum Gasteiger partial charge on any atom is -0.496 e. The molecule has 0 amide bonds. The number of rotatable bonds is 5. The first-order valence-corrected chi connectivity index (χ1v) is 6.59. The lowest BCUT2D eigenvalue weighted by Gasteiger charge is -2.18. The molecule has 18 heavy (non-hydrogen) atoms. The van der Waals surface area contributed by atoms with Crippen molar-refractivity contribution in [3.8, 4) is 5.75 Å². The molecule has 0 bridgehead atoms. The number of hydrogen-bond acceptors (Lipinski definition) is 4. The fourth-order valence-corrected chi connectivity index (χ4v) is 2.76. The highest BCUT2D eigenvalue weighted by Crippen LogP contribution is 2.36. The number of hydrogen-bond donors (Lipinski definition) is 2. The second-order valence-corrected chi connectivity index (χ2v) is 4.91. The molecule has 1 atom stereocenters. The first-order chi connectivity index (χ1) is 8.76. The highest BCUT2D eigenvalue weighted by atomic mass is 32.2. The number of benzene rings is 1. The average Bonchev–Trinajstić information content (AvgIpc) is 2.90. The Bertz CT molecular complexity index is 499. The van der Waals surface area contributed by atoms with E-state index in [2.05, 4.69) is 28.3 Å². The summed E-state index contributed by atoms with van der Waals surface area (Å²) in [5.74, 6) is 0.897. The van der Waals surface area contributed by atoms with E-state index >= 15 is 0 Å². The van der Waals surface area contributed by atoms with Crippen LogP contribution in [0.3, 0.4) is 0 Å². The van der Waals surface area contributed by atoms with E-state index in [9.17, 15) is 0 Å². The Labute approximate surface area is 111 Å². The van der Waals surface area contributed by atoms with Gasteiger partial charge in [-0.2, -0.15) is 0 Å². The van der Waals surface area contributed by atoms with Crippen molar-refractivity contribution in [3.63, 3.8) is 0 Å². The normalized spacial score (nSPS) is 12.4. The molecule has 2 aromatic rings. The Morgan fingerprint density at radius 2 is 2.28 bits per heavy atom. The molecule has 0 spiro atoms. The lowest BCUT2D eigenvalue weighted by Crippen LogP contribution is -2.14. The molecule has 0 fully saturated rings. The van der Waals surface area contributed by atoms with Gasteiger partial charge in [0.25, 0.3) is 0 Å². The summed E-state index contributed by atoms with van der Waals surface area (Å²) in [6.45, 7) is 2.12. The quantitative estimate of drug-likeness (QED) is 0.871. The van der Waals surface area contributed by atoms with Crippen LogP contribution in [-0.4, -0.2) is 24.1 Å². The number of aromatic amines is 1. The van der Waals surface area contributed by atoms with E-state index in [-0.39, 0.29) is 6.04 Å². The molecule has 5 heteroatoms. The van der Waals surface area contributed by atoms with Crippen LogP contribution >= 0.6 is 11.8 Å². The van der Waals surface area contributed by atoms with Crippen LogP contribution in [0.1, 0.15) is 18.5 Å². The molecule has 96 valence electrons. The van der Waals surface area contributed by atoms with E-state index in [0.29, 0.717) is 0 Å². The lowest BCUT2D eigenvalue weighted by molar-refractivity contribution is 0.401. The van der Waals surface area contributed by atoms with Crippen molar-refractivity contribution in [2.24, 2.45) is 0 Å². The molecule has 4 nitrogen and oxygen atoms in total. The zero-order valence-electron chi connectivity index (χ0n) is 10.7. The maximum absolute atomic E-state index is 5.44. The summed E-state index contributed by atoms with van der Waals surface area (Å²) in [5, 5.41) is 4.13. The largest absolute Gasteiger partial charge is 0.496 e. The number of aromatic nitrogens is 2. The van der Waals surface area contributed by atoms with E-state index in [0.717, 1.165) is 21.4 Å². The Morgan fingerprint density at radius 1 is 1.44 bits per heavy atom. The van der Waals surface area contributed by atoms with Gasteiger partial charge in [0.15, 0.2) is 5.16 Å². The monoisotopic (exact) mass is 263 g/mol. The molecule has 0 radical (unpaired) electrons. The fourth-order valence-electron chi connectivity index (χ4n) is 1.77. The first kappa shape index (κ1) is 13.0. The third-order valence-electron chi connectivity index (χ3n) is 2.79. The molecule has 1 heterocycles. The first-order valence-electron chi connectivity index (χ1n) is 5.77.